The van der Waals surface area contributed by atoms with E-state index in [0.717, 1.165) is 18.7 Å². The number of hydrogen-bond donors (Lipinski definition) is 3. The smallest absolute Gasteiger partial charge is 0.251 e. The summed E-state index contributed by atoms with van der Waals surface area (Å²) in [5, 5.41) is 8.60. The summed E-state index contributed by atoms with van der Waals surface area (Å²) in [6, 6.07) is 3.46. The third-order valence-corrected chi connectivity index (χ3v) is 2.78. The molecule has 0 aromatic carbocycles. The van der Waals surface area contributed by atoms with Gasteiger partial charge in [-0.05, 0) is 32.4 Å². The van der Waals surface area contributed by atoms with Gasteiger partial charge in [-0.15, -0.1) is 0 Å². The number of nitrogens with zero attached hydrogens (tertiary/aromatic N) is 1. The molecule has 0 aliphatic carbocycles. The van der Waals surface area contributed by atoms with Crippen molar-refractivity contribution in [3.8, 4) is 0 Å². The SMILES string of the molecule is CCCNc1cc(C(=O)NCCC(=O)NCC)cc(C)n1. The van der Waals surface area contributed by atoms with Gasteiger partial charge in [0.15, 0.2) is 0 Å². The summed E-state index contributed by atoms with van der Waals surface area (Å²) in [5.41, 5.74) is 1.34. The normalized spacial score (nSPS) is 10.0. The van der Waals surface area contributed by atoms with Gasteiger partial charge in [-0.1, -0.05) is 6.92 Å². The van der Waals surface area contributed by atoms with E-state index in [0.29, 0.717) is 24.5 Å². The minimum atomic E-state index is -0.190. The molecule has 2 amide bonds. The Balaban J connectivity index is 2.56. The van der Waals surface area contributed by atoms with Gasteiger partial charge in [0.25, 0.3) is 5.91 Å². The van der Waals surface area contributed by atoms with Crippen molar-refractivity contribution in [3.63, 3.8) is 0 Å². The van der Waals surface area contributed by atoms with Gasteiger partial charge in [0, 0.05) is 37.3 Å². The van der Waals surface area contributed by atoms with E-state index < -0.39 is 0 Å². The van der Waals surface area contributed by atoms with Crippen LogP contribution in [0.1, 0.15) is 42.7 Å². The molecule has 0 spiro atoms. The van der Waals surface area contributed by atoms with Crippen LogP contribution in [0.25, 0.3) is 0 Å². The Morgan fingerprint density at radius 1 is 1.14 bits per heavy atom. The Kier molecular flexibility index (Phi) is 7.21. The summed E-state index contributed by atoms with van der Waals surface area (Å²) in [5.74, 6) is 0.448. The molecule has 6 nitrogen and oxygen atoms in total. The highest BCUT2D eigenvalue weighted by Gasteiger charge is 2.09. The molecule has 0 saturated carbocycles. The zero-order valence-electron chi connectivity index (χ0n) is 13.0. The lowest BCUT2D eigenvalue weighted by molar-refractivity contribution is -0.120. The van der Waals surface area contributed by atoms with E-state index in [1.54, 1.807) is 12.1 Å². The van der Waals surface area contributed by atoms with Gasteiger partial charge in [-0.2, -0.15) is 0 Å². The zero-order chi connectivity index (χ0) is 15.7. The molecule has 1 rings (SSSR count). The van der Waals surface area contributed by atoms with Crippen LogP contribution in [0.4, 0.5) is 5.82 Å². The van der Waals surface area contributed by atoms with Gasteiger partial charge in [0.1, 0.15) is 5.82 Å². The molecule has 21 heavy (non-hydrogen) atoms. The van der Waals surface area contributed by atoms with Crippen molar-refractivity contribution in [2.45, 2.75) is 33.6 Å². The summed E-state index contributed by atoms with van der Waals surface area (Å²) in [6.45, 7) is 7.52. The van der Waals surface area contributed by atoms with Gasteiger partial charge >= 0.3 is 0 Å². The fourth-order valence-corrected chi connectivity index (χ4v) is 1.82. The Hall–Kier alpha value is -2.11. The monoisotopic (exact) mass is 292 g/mol. The number of carbonyl (C=O) groups excluding carboxylic acids is 2. The van der Waals surface area contributed by atoms with Gasteiger partial charge < -0.3 is 16.0 Å². The topological polar surface area (TPSA) is 83.1 Å². The molecule has 0 bridgehead atoms. The second-order valence-corrected chi connectivity index (χ2v) is 4.77. The maximum atomic E-state index is 12.1. The number of hydrogen-bond acceptors (Lipinski definition) is 4. The molecule has 1 heterocycles. The van der Waals surface area contributed by atoms with Crippen molar-refractivity contribution in [2.24, 2.45) is 0 Å². The molecular weight excluding hydrogens is 268 g/mol. The van der Waals surface area contributed by atoms with Gasteiger partial charge in [0.2, 0.25) is 5.91 Å². The highest BCUT2D eigenvalue weighted by atomic mass is 16.2. The summed E-state index contributed by atoms with van der Waals surface area (Å²) < 4.78 is 0. The molecular formula is C15H24N4O2. The van der Waals surface area contributed by atoms with E-state index in [4.69, 9.17) is 0 Å². The number of nitrogens with one attached hydrogen (secondary N) is 3. The number of rotatable bonds is 8. The molecule has 6 heteroatoms. The number of anilines is 1. The molecule has 3 N–H and O–H groups in total. The molecule has 0 radical (unpaired) electrons. The fraction of sp³-hybridized carbons (Fsp3) is 0.533. The fourth-order valence-electron chi connectivity index (χ4n) is 1.82. The van der Waals surface area contributed by atoms with E-state index in [1.165, 1.54) is 0 Å². The van der Waals surface area contributed by atoms with Crippen LogP contribution in [0.15, 0.2) is 12.1 Å². The first-order chi connectivity index (χ1) is 10.1. The van der Waals surface area contributed by atoms with Crippen molar-refractivity contribution in [3.05, 3.63) is 23.4 Å². The summed E-state index contributed by atoms with van der Waals surface area (Å²) in [7, 11) is 0. The van der Waals surface area contributed by atoms with Gasteiger partial charge in [-0.3, -0.25) is 9.59 Å². The quantitative estimate of drug-likeness (QED) is 0.677. The number of aromatic nitrogens is 1. The first kappa shape index (κ1) is 16.9. The van der Waals surface area contributed by atoms with Gasteiger partial charge in [0.05, 0.1) is 0 Å². The maximum Gasteiger partial charge on any atom is 0.251 e. The summed E-state index contributed by atoms with van der Waals surface area (Å²) >= 11 is 0. The van der Waals surface area contributed by atoms with E-state index in [1.807, 2.05) is 13.8 Å². The Bertz CT molecular complexity index is 489. The molecule has 0 aliphatic heterocycles. The van der Waals surface area contributed by atoms with Crippen molar-refractivity contribution < 1.29 is 9.59 Å². The van der Waals surface area contributed by atoms with Crippen molar-refractivity contribution >= 4 is 17.6 Å². The molecule has 0 saturated heterocycles. The third kappa shape index (κ3) is 6.25. The maximum absolute atomic E-state index is 12.1. The molecule has 0 atom stereocenters. The van der Waals surface area contributed by atoms with E-state index in [-0.39, 0.29) is 18.2 Å². The number of amides is 2. The number of aryl methyl sites for hydroxylation is 1. The van der Waals surface area contributed by atoms with E-state index >= 15 is 0 Å². The molecule has 0 unspecified atom stereocenters. The molecule has 1 aromatic heterocycles. The van der Waals surface area contributed by atoms with Crippen LogP contribution in [0.3, 0.4) is 0 Å². The standard InChI is InChI=1S/C15H24N4O2/c1-4-7-17-13-10-12(9-11(3)19-13)15(21)18-8-6-14(20)16-5-2/h9-10H,4-8H2,1-3H3,(H,16,20)(H,17,19)(H,18,21). The molecule has 0 aliphatic rings. The Morgan fingerprint density at radius 2 is 1.90 bits per heavy atom. The molecule has 116 valence electrons. The highest BCUT2D eigenvalue weighted by Crippen LogP contribution is 2.10. The highest BCUT2D eigenvalue weighted by molar-refractivity contribution is 5.95. The van der Waals surface area contributed by atoms with Crippen LogP contribution >= 0.6 is 0 Å². The number of carbonyl (C=O) groups is 2. The zero-order valence-corrected chi connectivity index (χ0v) is 13.0. The largest absolute Gasteiger partial charge is 0.370 e. The lowest BCUT2D eigenvalue weighted by Gasteiger charge is -2.09. The van der Waals surface area contributed by atoms with Crippen LogP contribution in [0.2, 0.25) is 0 Å². The molecule has 1 aromatic rings. The Labute approximate surface area is 125 Å². The van der Waals surface area contributed by atoms with Crippen molar-refractivity contribution in [2.75, 3.05) is 25.0 Å². The van der Waals surface area contributed by atoms with E-state index in [2.05, 4.69) is 27.9 Å². The average Bonchev–Trinajstić information content (AvgIpc) is 2.44. The van der Waals surface area contributed by atoms with Crippen LogP contribution in [-0.2, 0) is 4.79 Å². The third-order valence-electron chi connectivity index (χ3n) is 2.78. The first-order valence-corrected chi connectivity index (χ1v) is 7.34. The van der Waals surface area contributed by atoms with Crippen LogP contribution in [-0.4, -0.2) is 36.4 Å². The minimum absolute atomic E-state index is 0.0611. The first-order valence-electron chi connectivity index (χ1n) is 7.34. The van der Waals surface area contributed by atoms with Crippen molar-refractivity contribution in [1.82, 2.24) is 15.6 Å². The summed E-state index contributed by atoms with van der Waals surface area (Å²) in [6.07, 6.45) is 1.27. The minimum Gasteiger partial charge on any atom is -0.370 e. The summed E-state index contributed by atoms with van der Waals surface area (Å²) in [4.78, 5) is 27.7. The second kappa shape index (κ2) is 8.94. The van der Waals surface area contributed by atoms with E-state index in [9.17, 15) is 9.59 Å². The lowest BCUT2D eigenvalue weighted by atomic mass is 10.2. The van der Waals surface area contributed by atoms with Crippen LogP contribution < -0.4 is 16.0 Å². The molecule has 0 fully saturated rings. The van der Waals surface area contributed by atoms with Crippen LogP contribution in [0, 0.1) is 6.92 Å². The Morgan fingerprint density at radius 3 is 2.57 bits per heavy atom. The van der Waals surface area contributed by atoms with Crippen molar-refractivity contribution in [1.29, 1.82) is 0 Å². The number of pyridine rings is 1. The van der Waals surface area contributed by atoms with Crippen LogP contribution in [0.5, 0.6) is 0 Å². The predicted molar refractivity (Wildman–Crippen MR) is 83.4 cm³/mol. The lowest BCUT2D eigenvalue weighted by Crippen LogP contribution is -2.30. The predicted octanol–water partition coefficient (Wildman–Crippen LogP) is 1.47. The van der Waals surface area contributed by atoms with Gasteiger partial charge in [-0.25, -0.2) is 4.98 Å². The average molecular weight is 292 g/mol. The second-order valence-electron chi connectivity index (χ2n) is 4.77.